The second kappa shape index (κ2) is 10.0. The van der Waals surface area contributed by atoms with Gasteiger partial charge in [-0.05, 0) is 24.3 Å². The fraction of sp³-hybridized carbons (Fsp3) is 0.467. The molecule has 2 N–H and O–H groups in total. The van der Waals surface area contributed by atoms with Gasteiger partial charge >= 0.3 is 0 Å². The summed E-state index contributed by atoms with van der Waals surface area (Å²) in [5, 5.41) is 20.8. The monoisotopic (exact) mass is 342 g/mol. The average Bonchev–Trinajstić information content (AvgIpc) is 3.03. The molecule has 7 nitrogen and oxygen atoms in total. The van der Waals surface area contributed by atoms with Gasteiger partial charge in [0.15, 0.2) is 6.73 Å². The van der Waals surface area contributed by atoms with Crippen LogP contribution in [-0.4, -0.2) is 45.4 Å². The molecule has 1 heterocycles. The Balaban J connectivity index is 0.00000264. The van der Waals surface area contributed by atoms with Gasteiger partial charge in [-0.2, -0.15) is 10.2 Å². The largest absolute Gasteiger partial charge is 0.491 e. The van der Waals surface area contributed by atoms with Gasteiger partial charge in [0.1, 0.15) is 24.2 Å². The normalized spacial score (nSPS) is 11.8. The molecule has 0 spiro atoms. The summed E-state index contributed by atoms with van der Waals surface area (Å²) in [7, 11) is 0. The van der Waals surface area contributed by atoms with Crippen molar-refractivity contribution in [2.24, 2.45) is 0 Å². The lowest BCUT2D eigenvalue weighted by molar-refractivity contribution is 0.104. The van der Waals surface area contributed by atoms with Crippen LogP contribution in [0, 0.1) is 0 Å². The van der Waals surface area contributed by atoms with Crippen LogP contribution in [0.2, 0.25) is 0 Å². The average molecular weight is 343 g/mol. The van der Waals surface area contributed by atoms with Gasteiger partial charge in [0.2, 0.25) is 0 Å². The number of nitrogens with zero attached hydrogens (tertiary/aromatic N) is 3. The van der Waals surface area contributed by atoms with Crippen LogP contribution < -0.4 is 14.8 Å². The summed E-state index contributed by atoms with van der Waals surface area (Å²) in [5.41, 5.74) is 0. The SMILES string of the molecule is CC(C)NCC(O)COc1ccc(OCn2nccn2)cc1.Cl. The minimum Gasteiger partial charge on any atom is -0.491 e. The molecule has 23 heavy (non-hydrogen) atoms. The summed E-state index contributed by atoms with van der Waals surface area (Å²) >= 11 is 0. The van der Waals surface area contributed by atoms with Crippen LogP contribution in [0.25, 0.3) is 0 Å². The van der Waals surface area contributed by atoms with E-state index in [1.54, 1.807) is 36.7 Å². The Kier molecular flexibility index (Phi) is 8.39. The highest BCUT2D eigenvalue weighted by atomic mass is 35.5. The van der Waals surface area contributed by atoms with Crippen molar-refractivity contribution in [1.82, 2.24) is 20.3 Å². The van der Waals surface area contributed by atoms with Gasteiger partial charge in [0.25, 0.3) is 0 Å². The molecule has 0 saturated carbocycles. The summed E-state index contributed by atoms with van der Waals surface area (Å²) in [4.78, 5) is 1.45. The topological polar surface area (TPSA) is 81.4 Å². The fourth-order valence-electron chi connectivity index (χ4n) is 1.70. The van der Waals surface area contributed by atoms with Crippen LogP contribution in [0.4, 0.5) is 0 Å². The van der Waals surface area contributed by atoms with Crippen molar-refractivity contribution in [2.75, 3.05) is 13.2 Å². The number of aliphatic hydroxyl groups is 1. The third-order valence-corrected chi connectivity index (χ3v) is 2.84. The third kappa shape index (κ3) is 7.32. The molecule has 1 aromatic heterocycles. The van der Waals surface area contributed by atoms with Crippen LogP contribution >= 0.6 is 12.4 Å². The molecule has 0 aliphatic carbocycles. The lowest BCUT2D eigenvalue weighted by Gasteiger charge is -2.15. The van der Waals surface area contributed by atoms with Crippen molar-refractivity contribution < 1.29 is 14.6 Å². The Labute approximate surface area is 142 Å². The lowest BCUT2D eigenvalue weighted by atomic mass is 10.3. The van der Waals surface area contributed by atoms with E-state index in [2.05, 4.69) is 15.5 Å². The predicted molar refractivity (Wildman–Crippen MR) is 89.0 cm³/mol. The first kappa shape index (κ1) is 19.2. The second-order valence-electron chi connectivity index (χ2n) is 5.17. The molecule has 1 aromatic carbocycles. The molecule has 0 bridgehead atoms. The first-order valence-electron chi connectivity index (χ1n) is 7.24. The Bertz CT molecular complexity index is 534. The van der Waals surface area contributed by atoms with Gasteiger partial charge in [0.05, 0.1) is 12.4 Å². The number of hydrogen-bond acceptors (Lipinski definition) is 6. The minimum atomic E-state index is -0.538. The van der Waals surface area contributed by atoms with E-state index in [1.165, 1.54) is 4.80 Å². The van der Waals surface area contributed by atoms with Crippen molar-refractivity contribution in [3.63, 3.8) is 0 Å². The van der Waals surface area contributed by atoms with Crippen LogP contribution in [-0.2, 0) is 6.73 Å². The van der Waals surface area contributed by atoms with Crippen molar-refractivity contribution in [3.8, 4) is 11.5 Å². The smallest absolute Gasteiger partial charge is 0.199 e. The molecular formula is C15H23ClN4O3. The van der Waals surface area contributed by atoms with E-state index >= 15 is 0 Å². The first-order valence-corrected chi connectivity index (χ1v) is 7.24. The zero-order chi connectivity index (χ0) is 15.8. The Morgan fingerprint density at radius 3 is 2.22 bits per heavy atom. The van der Waals surface area contributed by atoms with Gasteiger partial charge in [0, 0.05) is 12.6 Å². The van der Waals surface area contributed by atoms with Crippen molar-refractivity contribution in [3.05, 3.63) is 36.7 Å². The van der Waals surface area contributed by atoms with E-state index in [-0.39, 0.29) is 25.7 Å². The number of ether oxygens (including phenoxy) is 2. The molecular weight excluding hydrogens is 320 g/mol. The van der Waals surface area contributed by atoms with E-state index in [9.17, 15) is 5.11 Å². The van der Waals surface area contributed by atoms with Crippen molar-refractivity contribution in [1.29, 1.82) is 0 Å². The first-order chi connectivity index (χ1) is 10.6. The quantitative estimate of drug-likeness (QED) is 0.718. The zero-order valence-corrected chi connectivity index (χ0v) is 14.1. The van der Waals surface area contributed by atoms with Crippen molar-refractivity contribution in [2.45, 2.75) is 32.7 Å². The number of aromatic nitrogens is 3. The number of benzene rings is 1. The predicted octanol–water partition coefficient (Wildman–Crippen LogP) is 1.47. The second-order valence-corrected chi connectivity index (χ2v) is 5.17. The molecule has 0 saturated heterocycles. The molecule has 2 rings (SSSR count). The number of rotatable bonds is 9. The molecule has 0 aliphatic rings. The Morgan fingerprint density at radius 2 is 1.65 bits per heavy atom. The van der Waals surface area contributed by atoms with E-state index < -0.39 is 6.10 Å². The van der Waals surface area contributed by atoms with Gasteiger partial charge in [-0.1, -0.05) is 13.8 Å². The highest BCUT2D eigenvalue weighted by Gasteiger charge is 2.06. The molecule has 1 atom stereocenters. The summed E-state index contributed by atoms with van der Waals surface area (Å²) < 4.78 is 11.0. The number of halogens is 1. The molecule has 128 valence electrons. The highest BCUT2D eigenvalue weighted by Crippen LogP contribution is 2.17. The Morgan fingerprint density at radius 1 is 1.09 bits per heavy atom. The molecule has 0 amide bonds. The van der Waals surface area contributed by atoms with E-state index in [4.69, 9.17) is 9.47 Å². The van der Waals surface area contributed by atoms with Crippen LogP contribution in [0.3, 0.4) is 0 Å². The fourth-order valence-corrected chi connectivity index (χ4v) is 1.70. The van der Waals surface area contributed by atoms with Gasteiger partial charge in [-0.25, -0.2) is 0 Å². The molecule has 8 heteroatoms. The van der Waals surface area contributed by atoms with Crippen LogP contribution in [0.1, 0.15) is 13.8 Å². The molecule has 2 aromatic rings. The third-order valence-electron chi connectivity index (χ3n) is 2.84. The maximum Gasteiger partial charge on any atom is 0.199 e. The molecule has 0 radical (unpaired) electrons. The van der Waals surface area contributed by atoms with E-state index in [0.717, 1.165) is 0 Å². The van der Waals surface area contributed by atoms with Crippen molar-refractivity contribution >= 4 is 12.4 Å². The Hall–Kier alpha value is -1.83. The van der Waals surface area contributed by atoms with E-state index in [1.807, 2.05) is 13.8 Å². The summed E-state index contributed by atoms with van der Waals surface area (Å²) in [5.74, 6) is 1.39. The van der Waals surface area contributed by atoms with Gasteiger partial charge in [-0.3, -0.25) is 0 Å². The van der Waals surface area contributed by atoms with Crippen LogP contribution in [0.15, 0.2) is 36.7 Å². The minimum absolute atomic E-state index is 0. The summed E-state index contributed by atoms with van der Waals surface area (Å²) in [6, 6.07) is 7.55. The standard InChI is InChI=1S/C15H22N4O3.ClH/c1-12(2)16-9-13(20)10-21-14-3-5-15(6-4-14)22-11-19-17-7-8-18-19;/h3-8,12-13,16,20H,9-11H2,1-2H3;1H. The number of nitrogens with one attached hydrogen (secondary N) is 1. The lowest BCUT2D eigenvalue weighted by Crippen LogP contribution is -2.35. The summed E-state index contributed by atoms with van der Waals surface area (Å²) in [6.45, 7) is 5.08. The number of hydrogen-bond donors (Lipinski definition) is 2. The molecule has 0 fully saturated rings. The van der Waals surface area contributed by atoms with E-state index in [0.29, 0.717) is 24.1 Å². The van der Waals surface area contributed by atoms with Gasteiger partial charge < -0.3 is 19.9 Å². The molecule has 0 aliphatic heterocycles. The maximum absolute atomic E-state index is 9.78. The maximum atomic E-state index is 9.78. The highest BCUT2D eigenvalue weighted by molar-refractivity contribution is 5.85. The summed E-state index contributed by atoms with van der Waals surface area (Å²) in [6.07, 6.45) is 2.66. The zero-order valence-electron chi connectivity index (χ0n) is 13.3. The number of aliphatic hydroxyl groups excluding tert-OH is 1. The van der Waals surface area contributed by atoms with Gasteiger partial charge in [-0.15, -0.1) is 17.2 Å². The van der Waals surface area contributed by atoms with Crippen LogP contribution in [0.5, 0.6) is 11.5 Å². The molecule has 1 unspecified atom stereocenters.